The van der Waals surface area contributed by atoms with Crippen molar-refractivity contribution in [2.75, 3.05) is 0 Å². The van der Waals surface area contributed by atoms with E-state index in [1.54, 1.807) is 0 Å². The maximum Gasteiger partial charge on any atom is 0.312 e. The third kappa shape index (κ3) is 1.91. The van der Waals surface area contributed by atoms with Gasteiger partial charge in [-0.25, -0.2) is 0 Å². The third-order valence-corrected chi connectivity index (χ3v) is 1.57. The number of nitrogens with zero attached hydrogens (tertiary/aromatic N) is 2. The molecule has 2 N–H and O–H groups in total. The Labute approximate surface area is 69.7 Å². The summed E-state index contributed by atoms with van der Waals surface area (Å²) in [6, 6.07) is -0.227. The van der Waals surface area contributed by atoms with Crippen LogP contribution in [-0.2, 0) is 0 Å². The number of aromatic nitrogens is 2. The van der Waals surface area contributed by atoms with E-state index >= 15 is 0 Å². The van der Waals surface area contributed by atoms with Gasteiger partial charge in [-0.15, -0.1) is 5.10 Å². The topological polar surface area (TPSA) is 64.9 Å². The van der Waals surface area contributed by atoms with Gasteiger partial charge in [-0.1, -0.05) is 18.9 Å². The van der Waals surface area contributed by atoms with Gasteiger partial charge in [0.15, 0.2) is 0 Å². The zero-order valence-corrected chi connectivity index (χ0v) is 7.17. The molecule has 4 nitrogen and oxygen atoms in total. The molecule has 1 atom stereocenters. The number of nitrogens with two attached hydrogens (primary N) is 1. The van der Waals surface area contributed by atoms with Crippen molar-refractivity contribution in [1.82, 2.24) is 10.2 Å². The Hall–Kier alpha value is -0.610. The van der Waals surface area contributed by atoms with Crippen LogP contribution in [0.5, 0.6) is 0 Å². The van der Waals surface area contributed by atoms with Gasteiger partial charge < -0.3 is 10.2 Å². The maximum atomic E-state index is 5.70. The highest BCUT2D eigenvalue weighted by atomic mass is 35.5. The molecule has 0 aliphatic rings. The molecule has 0 unspecified atom stereocenters. The van der Waals surface area contributed by atoms with E-state index in [-0.39, 0.29) is 17.3 Å². The summed E-state index contributed by atoms with van der Waals surface area (Å²) in [5, 5.41) is 7.19. The lowest BCUT2D eigenvalue weighted by Gasteiger charge is -2.09. The Kier molecular flexibility index (Phi) is 2.46. The first kappa shape index (κ1) is 8.49. The predicted octanol–water partition coefficient (Wildman–Crippen LogP) is 1.38. The fourth-order valence-electron chi connectivity index (χ4n) is 0.636. The predicted molar refractivity (Wildman–Crippen MR) is 41.1 cm³/mol. The van der Waals surface area contributed by atoms with Gasteiger partial charge in [0, 0.05) is 0 Å². The van der Waals surface area contributed by atoms with Gasteiger partial charge in [0.25, 0.3) is 0 Å². The molecule has 1 aromatic heterocycles. The summed E-state index contributed by atoms with van der Waals surface area (Å²) < 4.78 is 4.92. The van der Waals surface area contributed by atoms with E-state index in [1.807, 2.05) is 13.8 Å². The molecule has 0 saturated heterocycles. The van der Waals surface area contributed by atoms with Crippen molar-refractivity contribution >= 4 is 11.6 Å². The van der Waals surface area contributed by atoms with Gasteiger partial charge in [-0.05, 0) is 17.5 Å². The fourth-order valence-corrected chi connectivity index (χ4v) is 0.752. The fraction of sp³-hybridized carbons (Fsp3) is 0.667. The number of halogens is 1. The van der Waals surface area contributed by atoms with E-state index in [2.05, 4.69) is 10.2 Å². The molecule has 0 aliphatic carbocycles. The Balaban J connectivity index is 2.76. The second-order valence-corrected chi connectivity index (χ2v) is 2.99. The molecular formula is C6H10ClN3O. The van der Waals surface area contributed by atoms with E-state index in [0.717, 1.165) is 0 Å². The molecule has 11 heavy (non-hydrogen) atoms. The van der Waals surface area contributed by atoms with Crippen LogP contribution in [0.1, 0.15) is 25.8 Å². The van der Waals surface area contributed by atoms with Crippen molar-refractivity contribution < 1.29 is 4.42 Å². The smallest absolute Gasteiger partial charge is 0.312 e. The van der Waals surface area contributed by atoms with Crippen molar-refractivity contribution in [2.45, 2.75) is 19.9 Å². The van der Waals surface area contributed by atoms with Crippen LogP contribution in [0.3, 0.4) is 0 Å². The Bertz CT molecular complexity index is 235. The number of rotatable bonds is 2. The molecule has 0 bridgehead atoms. The van der Waals surface area contributed by atoms with Gasteiger partial charge >= 0.3 is 5.35 Å². The highest BCUT2D eigenvalue weighted by molar-refractivity contribution is 6.27. The van der Waals surface area contributed by atoms with Gasteiger partial charge in [-0.2, -0.15) is 0 Å². The lowest BCUT2D eigenvalue weighted by atomic mass is 10.1. The number of hydrogen-bond acceptors (Lipinski definition) is 4. The van der Waals surface area contributed by atoms with Gasteiger partial charge in [0.05, 0.1) is 6.04 Å². The second-order valence-electron chi connectivity index (χ2n) is 2.66. The third-order valence-electron chi connectivity index (χ3n) is 1.42. The van der Waals surface area contributed by atoms with Gasteiger partial charge in [0.2, 0.25) is 5.89 Å². The zero-order chi connectivity index (χ0) is 8.43. The molecule has 0 spiro atoms. The van der Waals surface area contributed by atoms with Crippen molar-refractivity contribution in [3.8, 4) is 0 Å². The maximum absolute atomic E-state index is 5.70. The summed E-state index contributed by atoms with van der Waals surface area (Å²) >= 11 is 5.41. The minimum atomic E-state index is -0.227. The van der Waals surface area contributed by atoms with E-state index < -0.39 is 0 Å². The molecule has 0 aromatic carbocycles. The van der Waals surface area contributed by atoms with Crippen LogP contribution in [-0.4, -0.2) is 10.2 Å². The second kappa shape index (κ2) is 3.19. The first-order chi connectivity index (χ1) is 5.11. The molecule has 0 aliphatic heterocycles. The summed E-state index contributed by atoms with van der Waals surface area (Å²) in [5.74, 6) is 0.663. The first-order valence-corrected chi connectivity index (χ1v) is 3.73. The SMILES string of the molecule is CC(C)[C@H](N)c1nnc(Cl)o1. The van der Waals surface area contributed by atoms with Gasteiger partial charge in [0.1, 0.15) is 0 Å². The summed E-state index contributed by atoms with van der Waals surface area (Å²) in [4.78, 5) is 0. The lowest BCUT2D eigenvalue weighted by molar-refractivity contribution is 0.389. The van der Waals surface area contributed by atoms with Crippen LogP contribution < -0.4 is 5.73 Å². The first-order valence-electron chi connectivity index (χ1n) is 3.35. The zero-order valence-electron chi connectivity index (χ0n) is 6.41. The van der Waals surface area contributed by atoms with Gasteiger partial charge in [-0.3, -0.25) is 0 Å². The standard InChI is InChI=1S/C6H10ClN3O/c1-3(2)4(8)5-9-10-6(7)11-5/h3-4H,8H2,1-2H3/t4-/m0/s1. The average molecular weight is 176 g/mol. The molecule has 5 heteroatoms. The monoisotopic (exact) mass is 175 g/mol. The largest absolute Gasteiger partial charge is 0.410 e. The summed E-state index contributed by atoms with van der Waals surface area (Å²) in [7, 11) is 0. The highest BCUT2D eigenvalue weighted by Gasteiger charge is 2.16. The van der Waals surface area contributed by atoms with Crippen molar-refractivity contribution in [3.63, 3.8) is 0 Å². The van der Waals surface area contributed by atoms with Crippen LogP contribution in [0.15, 0.2) is 4.42 Å². The van der Waals surface area contributed by atoms with Crippen LogP contribution in [0, 0.1) is 5.92 Å². The molecule has 62 valence electrons. The molecule has 1 heterocycles. The van der Waals surface area contributed by atoms with E-state index in [4.69, 9.17) is 21.8 Å². The quantitative estimate of drug-likeness (QED) is 0.738. The van der Waals surface area contributed by atoms with Crippen LogP contribution in [0.4, 0.5) is 0 Å². The highest BCUT2D eigenvalue weighted by Crippen LogP contribution is 2.18. The van der Waals surface area contributed by atoms with Crippen molar-refractivity contribution in [1.29, 1.82) is 0 Å². The molecule has 1 rings (SSSR count). The molecule has 0 fully saturated rings. The van der Waals surface area contributed by atoms with Crippen molar-refractivity contribution in [2.24, 2.45) is 11.7 Å². The minimum Gasteiger partial charge on any atom is -0.410 e. The molecule has 0 amide bonds. The van der Waals surface area contributed by atoms with E-state index in [9.17, 15) is 0 Å². The summed E-state index contributed by atoms with van der Waals surface area (Å²) in [6.07, 6.45) is 0. The van der Waals surface area contributed by atoms with E-state index in [1.165, 1.54) is 0 Å². The molecular weight excluding hydrogens is 166 g/mol. The minimum absolute atomic E-state index is 0.0381. The Morgan fingerprint density at radius 1 is 1.45 bits per heavy atom. The average Bonchev–Trinajstić information content (AvgIpc) is 2.34. The van der Waals surface area contributed by atoms with Crippen LogP contribution >= 0.6 is 11.6 Å². The molecule has 0 radical (unpaired) electrons. The van der Waals surface area contributed by atoms with Crippen molar-refractivity contribution in [3.05, 3.63) is 11.2 Å². The molecule has 1 aromatic rings. The molecule has 0 saturated carbocycles. The number of hydrogen-bond donors (Lipinski definition) is 1. The lowest BCUT2D eigenvalue weighted by Crippen LogP contribution is -2.16. The normalized spacial score (nSPS) is 13.9. The summed E-state index contributed by atoms with van der Waals surface area (Å²) in [5.41, 5.74) is 5.70. The summed E-state index contributed by atoms with van der Waals surface area (Å²) in [6.45, 7) is 3.95. The Morgan fingerprint density at radius 2 is 2.09 bits per heavy atom. The Morgan fingerprint density at radius 3 is 2.45 bits per heavy atom. The van der Waals surface area contributed by atoms with Crippen LogP contribution in [0.25, 0.3) is 0 Å². The van der Waals surface area contributed by atoms with E-state index in [0.29, 0.717) is 5.89 Å². The van der Waals surface area contributed by atoms with Crippen LogP contribution in [0.2, 0.25) is 5.35 Å².